The molecule has 0 spiro atoms. The fourth-order valence-corrected chi connectivity index (χ4v) is 2.32. The predicted molar refractivity (Wildman–Crippen MR) is 74.6 cm³/mol. The molecule has 0 radical (unpaired) electrons. The summed E-state index contributed by atoms with van der Waals surface area (Å²) in [5.74, 6) is -70.4. The van der Waals surface area contributed by atoms with E-state index in [9.17, 15) is 92.2 Å². The molecular formula is C14H11F21NO+. The van der Waals surface area contributed by atoms with Crippen molar-refractivity contribution in [3.8, 4) is 0 Å². The summed E-state index contributed by atoms with van der Waals surface area (Å²) in [4.78, 5) is 0. The van der Waals surface area contributed by atoms with Gasteiger partial charge in [-0.3, -0.25) is 4.48 Å². The van der Waals surface area contributed by atoms with Crippen molar-refractivity contribution in [3.63, 3.8) is 0 Å². The molecular weight excluding hydrogens is 597 g/mol. The Morgan fingerprint density at radius 1 is 0.405 bits per heavy atom. The summed E-state index contributed by atoms with van der Waals surface area (Å²) in [7, 11) is -0.530. The van der Waals surface area contributed by atoms with E-state index in [1.165, 1.54) is 0 Å². The van der Waals surface area contributed by atoms with Crippen molar-refractivity contribution in [1.82, 2.24) is 0 Å². The lowest BCUT2D eigenvalue weighted by Crippen LogP contribution is -2.78. The highest BCUT2D eigenvalue weighted by Crippen LogP contribution is 2.66. The molecule has 0 aliphatic heterocycles. The molecule has 2 nitrogen and oxygen atoms in total. The fourth-order valence-electron chi connectivity index (χ4n) is 2.32. The molecule has 0 aliphatic rings. The van der Waals surface area contributed by atoms with Crippen LogP contribution in [0.5, 0.6) is 0 Å². The van der Waals surface area contributed by atoms with E-state index in [2.05, 4.69) is 0 Å². The number of rotatable bonds is 11. The number of hydrogen-bond donors (Lipinski definition) is 1. The summed E-state index contributed by atoms with van der Waals surface area (Å²) in [5, 5.41) is 8.47. The first-order valence-electron chi connectivity index (χ1n) is 8.47. The van der Waals surface area contributed by atoms with Crippen LogP contribution in [0.3, 0.4) is 0 Å². The van der Waals surface area contributed by atoms with Crippen LogP contribution in [-0.4, -0.2) is 96.4 Å². The van der Waals surface area contributed by atoms with E-state index >= 15 is 0 Å². The zero-order chi connectivity index (χ0) is 30.9. The van der Waals surface area contributed by atoms with Crippen LogP contribution < -0.4 is 0 Å². The fraction of sp³-hybridized carbons (Fsp3) is 1.00. The minimum Gasteiger partial charge on any atom is -0.391 e. The Kier molecular flexibility index (Phi) is 8.36. The van der Waals surface area contributed by atoms with Crippen molar-refractivity contribution in [3.05, 3.63) is 0 Å². The molecule has 0 rings (SSSR count). The van der Waals surface area contributed by atoms with Crippen molar-refractivity contribution < 1.29 is 102 Å². The Hall–Kier alpha value is -1.55. The normalized spacial score (nSPS) is 16.9. The number of aliphatic hydroxyl groups is 1. The highest BCUT2D eigenvalue weighted by Gasteiger charge is 2.98. The molecule has 0 saturated carbocycles. The molecule has 0 heterocycles. The summed E-state index contributed by atoms with van der Waals surface area (Å²) in [6.45, 7) is -3.45. The molecule has 0 aliphatic carbocycles. The molecule has 0 aromatic rings. The Morgan fingerprint density at radius 2 is 0.622 bits per heavy atom. The van der Waals surface area contributed by atoms with Crippen LogP contribution in [-0.2, 0) is 0 Å². The zero-order valence-electron chi connectivity index (χ0n) is 17.2. The topological polar surface area (TPSA) is 20.2 Å². The van der Waals surface area contributed by atoms with Gasteiger partial charge in [0.15, 0.2) is 0 Å². The first-order valence-corrected chi connectivity index (χ1v) is 8.47. The number of quaternary nitrogens is 1. The molecule has 1 N–H and O–H groups in total. The second-order valence-corrected chi connectivity index (χ2v) is 7.77. The lowest BCUT2D eigenvalue weighted by Gasteiger charge is -2.46. The van der Waals surface area contributed by atoms with Gasteiger partial charge in [-0.25, -0.2) is 0 Å². The summed E-state index contributed by atoms with van der Waals surface area (Å²) in [6, 6.07) is -6.80. The first kappa shape index (κ1) is 35.4. The molecule has 0 unspecified atom stereocenters. The van der Waals surface area contributed by atoms with E-state index in [0.29, 0.717) is 0 Å². The van der Waals surface area contributed by atoms with Gasteiger partial charge in [0.2, 0.25) is 0 Å². The highest BCUT2D eigenvalue weighted by molar-refractivity contribution is 5.17. The SMILES string of the molecule is C[N+](C)(CCO)C(F)(F)C(F)(F)C(F)(F)C(F)(F)C(F)(F)C(F)(F)C(F)(F)C(F)(F)C(F)(F)C(F)(F)F. The maximum Gasteiger partial charge on any atom is 0.461 e. The van der Waals surface area contributed by atoms with E-state index in [1.54, 1.807) is 0 Å². The first-order chi connectivity index (χ1) is 15.6. The molecule has 37 heavy (non-hydrogen) atoms. The second-order valence-electron chi connectivity index (χ2n) is 7.77. The van der Waals surface area contributed by atoms with Crippen LogP contribution in [0.4, 0.5) is 92.2 Å². The molecule has 0 amide bonds. The van der Waals surface area contributed by atoms with Gasteiger partial charge in [-0.2, -0.15) is 83.4 Å². The van der Waals surface area contributed by atoms with Crippen molar-refractivity contribution in [2.75, 3.05) is 27.2 Å². The molecule has 0 aromatic carbocycles. The van der Waals surface area contributed by atoms with Crippen molar-refractivity contribution in [2.24, 2.45) is 0 Å². The Morgan fingerprint density at radius 3 is 0.838 bits per heavy atom. The van der Waals surface area contributed by atoms with Crippen molar-refractivity contribution >= 4 is 0 Å². The third kappa shape index (κ3) is 4.24. The van der Waals surface area contributed by atoms with E-state index in [-0.39, 0.29) is 14.1 Å². The number of halogens is 21. The second kappa shape index (κ2) is 8.73. The minimum absolute atomic E-state index is 0.265. The standard InChI is InChI=1S/C14H11F21NO/c1-36(2,3-4-37)14(34,35)12(29,30)10(25,26)8(21,22)6(17,18)5(15,16)7(19,20)9(23,24)11(27,28)13(31,32)33/h37H,3-4H2,1-2H3/q+1. The molecule has 23 heteroatoms. The van der Waals surface area contributed by atoms with E-state index in [1.807, 2.05) is 0 Å². The van der Waals surface area contributed by atoms with E-state index in [4.69, 9.17) is 5.11 Å². The Labute approximate surface area is 190 Å². The molecule has 0 bridgehead atoms. The van der Waals surface area contributed by atoms with Crippen LogP contribution >= 0.6 is 0 Å². The summed E-state index contributed by atoms with van der Waals surface area (Å²) >= 11 is 0. The van der Waals surface area contributed by atoms with Gasteiger partial charge in [0, 0.05) is 0 Å². The Balaban J connectivity index is 7.17. The van der Waals surface area contributed by atoms with Crippen molar-refractivity contribution in [2.45, 2.75) is 59.6 Å². The largest absolute Gasteiger partial charge is 0.461 e. The van der Waals surface area contributed by atoms with Gasteiger partial charge in [0.05, 0.1) is 20.7 Å². The van der Waals surface area contributed by atoms with Gasteiger partial charge in [-0.1, -0.05) is 0 Å². The minimum atomic E-state index is -9.19. The number of hydrogen-bond acceptors (Lipinski definition) is 1. The van der Waals surface area contributed by atoms with Gasteiger partial charge in [0.25, 0.3) is 0 Å². The maximum absolute atomic E-state index is 14.0. The predicted octanol–water partition coefficient (Wildman–Crippen LogP) is 6.29. The molecule has 0 saturated heterocycles. The van der Waals surface area contributed by atoms with E-state index < -0.39 is 77.2 Å². The van der Waals surface area contributed by atoms with Gasteiger partial charge < -0.3 is 5.11 Å². The number of aliphatic hydroxyl groups excluding tert-OH is 1. The summed E-state index contributed by atoms with van der Waals surface area (Å²) in [6.07, 6.45) is -8.01. The molecule has 0 fully saturated rings. The summed E-state index contributed by atoms with van der Waals surface area (Å²) in [5.41, 5.74) is 0. The lowest BCUT2D eigenvalue weighted by molar-refractivity contribution is -0.991. The average molecular weight is 608 g/mol. The highest BCUT2D eigenvalue weighted by atomic mass is 19.4. The quantitative estimate of drug-likeness (QED) is 0.166. The maximum atomic E-state index is 14.0. The summed E-state index contributed by atoms with van der Waals surface area (Å²) < 4.78 is 276. The van der Waals surface area contributed by atoms with E-state index in [0.717, 1.165) is 0 Å². The van der Waals surface area contributed by atoms with Crippen LogP contribution in [0.2, 0.25) is 0 Å². The van der Waals surface area contributed by atoms with Crippen LogP contribution in [0, 0.1) is 0 Å². The van der Waals surface area contributed by atoms with Gasteiger partial charge in [-0.05, 0) is 0 Å². The average Bonchev–Trinajstić information content (AvgIpc) is 2.65. The Bertz CT molecular complexity index is 826. The number of nitrogens with zero attached hydrogens (tertiary/aromatic N) is 1. The third-order valence-corrected chi connectivity index (χ3v) is 4.91. The zero-order valence-corrected chi connectivity index (χ0v) is 17.2. The van der Waals surface area contributed by atoms with Crippen LogP contribution in [0.1, 0.15) is 0 Å². The number of alkyl halides is 21. The third-order valence-electron chi connectivity index (χ3n) is 4.91. The smallest absolute Gasteiger partial charge is 0.391 e. The van der Waals surface area contributed by atoms with Gasteiger partial charge in [-0.15, -0.1) is 8.78 Å². The molecule has 0 atom stereocenters. The lowest BCUT2D eigenvalue weighted by atomic mass is 9.86. The van der Waals surface area contributed by atoms with Gasteiger partial charge >= 0.3 is 59.6 Å². The monoisotopic (exact) mass is 608 g/mol. The van der Waals surface area contributed by atoms with Crippen molar-refractivity contribution in [1.29, 1.82) is 0 Å². The van der Waals surface area contributed by atoms with Gasteiger partial charge in [0.1, 0.15) is 6.54 Å². The molecule has 224 valence electrons. The van der Waals surface area contributed by atoms with Crippen LogP contribution in [0.25, 0.3) is 0 Å². The molecule has 0 aromatic heterocycles. The van der Waals surface area contributed by atoms with Crippen LogP contribution in [0.15, 0.2) is 0 Å². The number of likely N-dealkylation sites (N-methyl/N-ethyl adjacent to an activating group) is 1.